The number of hydrogen-bond acceptors (Lipinski definition) is 6. The molecule has 0 spiro atoms. The number of phenols is 1. The lowest BCUT2D eigenvalue weighted by atomic mass is 10.0. The van der Waals surface area contributed by atoms with E-state index in [9.17, 15) is 9.90 Å². The smallest absolute Gasteiger partial charge is 0.237 e. The molecular weight excluding hydrogens is 394 g/mol. The molecule has 0 radical (unpaired) electrons. The minimum Gasteiger partial charge on any atom is -0.506 e. The Bertz CT molecular complexity index is 911. The summed E-state index contributed by atoms with van der Waals surface area (Å²) in [7, 11) is 3.31. The van der Waals surface area contributed by atoms with Gasteiger partial charge in [-0.1, -0.05) is 12.1 Å². The average molecular weight is 426 g/mol. The van der Waals surface area contributed by atoms with Crippen LogP contribution >= 0.6 is 0 Å². The summed E-state index contributed by atoms with van der Waals surface area (Å²) in [6.07, 6.45) is 1.91. The van der Waals surface area contributed by atoms with Gasteiger partial charge in [0.1, 0.15) is 17.2 Å². The number of para-hydroxylation sites is 2. The molecule has 2 aliphatic heterocycles. The third kappa shape index (κ3) is 4.56. The summed E-state index contributed by atoms with van der Waals surface area (Å²) >= 11 is 0. The largest absolute Gasteiger partial charge is 0.506 e. The van der Waals surface area contributed by atoms with Crippen molar-refractivity contribution in [2.75, 3.05) is 58.4 Å². The molecule has 0 bridgehead atoms. The van der Waals surface area contributed by atoms with Crippen LogP contribution in [0.1, 0.15) is 24.4 Å². The number of ether oxygens (including phenoxy) is 2. The fourth-order valence-electron chi connectivity index (χ4n) is 4.65. The Morgan fingerprint density at radius 2 is 1.81 bits per heavy atom. The summed E-state index contributed by atoms with van der Waals surface area (Å²) in [5.41, 5.74) is 1.87. The molecule has 31 heavy (non-hydrogen) atoms. The third-order valence-electron chi connectivity index (χ3n) is 6.32. The molecule has 2 heterocycles. The Balaban J connectivity index is 1.39. The fraction of sp³-hybridized carbons (Fsp3) is 0.458. The molecule has 1 atom stereocenters. The van der Waals surface area contributed by atoms with Gasteiger partial charge in [-0.3, -0.25) is 9.69 Å². The molecular formula is C24H31N3O4. The van der Waals surface area contributed by atoms with E-state index in [1.165, 1.54) is 0 Å². The Morgan fingerprint density at radius 3 is 2.52 bits per heavy atom. The first kappa shape index (κ1) is 21.3. The average Bonchev–Trinajstić information content (AvgIpc) is 3.29. The summed E-state index contributed by atoms with van der Waals surface area (Å²) in [5, 5.41) is 10.1. The van der Waals surface area contributed by atoms with E-state index in [4.69, 9.17) is 9.47 Å². The van der Waals surface area contributed by atoms with Crippen molar-refractivity contribution in [1.82, 2.24) is 9.80 Å². The van der Waals surface area contributed by atoms with Gasteiger partial charge in [0.25, 0.3) is 0 Å². The molecule has 1 N–H and O–H groups in total. The maximum Gasteiger partial charge on any atom is 0.237 e. The van der Waals surface area contributed by atoms with E-state index >= 15 is 0 Å². The minimum absolute atomic E-state index is 0.0140. The van der Waals surface area contributed by atoms with Gasteiger partial charge in [0, 0.05) is 38.3 Å². The molecule has 2 aliphatic rings. The molecule has 4 rings (SSSR count). The van der Waals surface area contributed by atoms with Crippen LogP contribution in [0.2, 0.25) is 0 Å². The number of carbonyl (C=O) groups excluding carboxylic acids is 1. The topological polar surface area (TPSA) is 65.5 Å². The second-order valence-electron chi connectivity index (χ2n) is 8.10. The van der Waals surface area contributed by atoms with E-state index in [2.05, 4.69) is 9.80 Å². The third-order valence-corrected chi connectivity index (χ3v) is 6.32. The van der Waals surface area contributed by atoms with E-state index in [0.29, 0.717) is 12.3 Å². The van der Waals surface area contributed by atoms with E-state index in [1.54, 1.807) is 20.3 Å². The Hall–Kier alpha value is -2.93. The van der Waals surface area contributed by atoms with Crippen molar-refractivity contribution in [3.63, 3.8) is 0 Å². The molecule has 0 unspecified atom stereocenters. The molecule has 2 aromatic carbocycles. The highest BCUT2D eigenvalue weighted by molar-refractivity contribution is 5.79. The number of carbonyl (C=O) groups is 1. The first-order valence-electron chi connectivity index (χ1n) is 10.9. The Morgan fingerprint density at radius 1 is 1.03 bits per heavy atom. The van der Waals surface area contributed by atoms with Gasteiger partial charge in [-0.05, 0) is 43.2 Å². The first-order chi connectivity index (χ1) is 15.1. The molecule has 166 valence electrons. The van der Waals surface area contributed by atoms with Crippen LogP contribution in [0.3, 0.4) is 0 Å². The predicted molar refractivity (Wildman–Crippen MR) is 120 cm³/mol. The van der Waals surface area contributed by atoms with Crippen LogP contribution in [0.5, 0.6) is 17.2 Å². The predicted octanol–water partition coefficient (Wildman–Crippen LogP) is 2.90. The van der Waals surface area contributed by atoms with Crippen molar-refractivity contribution in [1.29, 1.82) is 0 Å². The van der Waals surface area contributed by atoms with E-state index < -0.39 is 0 Å². The van der Waals surface area contributed by atoms with E-state index in [1.807, 2.05) is 41.3 Å². The Kier molecular flexibility index (Phi) is 6.51. The van der Waals surface area contributed by atoms with Gasteiger partial charge in [0.2, 0.25) is 5.91 Å². The number of phenolic OH excluding ortho intramolecular Hbond substituents is 1. The molecule has 2 aromatic rings. The molecule has 7 heteroatoms. The maximum absolute atomic E-state index is 13.2. The maximum atomic E-state index is 13.2. The summed E-state index contributed by atoms with van der Waals surface area (Å²) in [6.45, 7) is 4.34. The second-order valence-corrected chi connectivity index (χ2v) is 8.10. The van der Waals surface area contributed by atoms with Gasteiger partial charge < -0.3 is 24.4 Å². The number of piperazine rings is 1. The normalized spacial score (nSPS) is 19.5. The van der Waals surface area contributed by atoms with Gasteiger partial charge in [-0.15, -0.1) is 0 Å². The number of aromatic hydroxyl groups is 1. The van der Waals surface area contributed by atoms with Gasteiger partial charge >= 0.3 is 0 Å². The van der Waals surface area contributed by atoms with Crippen LogP contribution in [0.15, 0.2) is 42.5 Å². The van der Waals surface area contributed by atoms with Crippen LogP contribution < -0.4 is 14.4 Å². The monoisotopic (exact) mass is 425 g/mol. The van der Waals surface area contributed by atoms with Crippen molar-refractivity contribution in [3.05, 3.63) is 48.0 Å². The first-order valence-corrected chi connectivity index (χ1v) is 10.9. The number of nitrogens with zero attached hydrogens (tertiary/aromatic N) is 3. The molecule has 1 amide bonds. The number of anilines is 1. The lowest BCUT2D eigenvalue weighted by Gasteiger charge is -2.37. The lowest BCUT2D eigenvalue weighted by Crippen LogP contribution is -2.50. The molecule has 7 nitrogen and oxygen atoms in total. The number of hydrogen-bond donors (Lipinski definition) is 1. The molecule has 2 fully saturated rings. The summed E-state index contributed by atoms with van der Waals surface area (Å²) in [6, 6.07) is 13.2. The van der Waals surface area contributed by atoms with Crippen molar-refractivity contribution in [2.45, 2.75) is 18.9 Å². The Labute approximate surface area is 183 Å². The summed E-state index contributed by atoms with van der Waals surface area (Å²) in [5.74, 6) is 2.03. The minimum atomic E-state index is 0.0140. The highest BCUT2D eigenvalue weighted by atomic mass is 16.5. The van der Waals surface area contributed by atoms with Crippen LogP contribution in [0.4, 0.5) is 5.69 Å². The SMILES string of the molecule is COc1ccc(OC)c([C@H]2CCCN2C(=O)CN2CCN(c3ccccc3O)CC2)c1. The highest BCUT2D eigenvalue weighted by Crippen LogP contribution is 2.39. The van der Waals surface area contributed by atoms with Crippen molar-refractivity contribution in [2.24, 2.45) is 0 Å². The van der Waals surface area contributed by atoms with E-state index in [0.717, 1.165) is 68.3 Å². The number of likely N-dealkylation sites (tertiary alicyclic amines) is 1. The molecule has 2 saturated heterocycles. The standard InChI is InChI=1S/C24H31N3O4/c1-30-18-9-10-23(31-2)19(16-18)20-7-5-11-27(20)24(29)17-25-12-14-26(15-13-25)21-6-3-4-8-22(21)28/h3-4,6,8-10,16,20,28H,5,7,11-15,17H2,1-2H3/t20-/m1/s1. The lowest BCUT2D eigenvalue weighted by molar-refractivity contribution is -0.133. The van der Waals surface area contributed by atoms with Crippen LogP contribution in [-0.2, 0) is 4.79 Å². The van der Waals surface area contributed by atoms with Crippen molar-refractivity contribution >= 4 is 11.6 Å². The van der Waals surface area contributed by atoms with Gasteiger partial charge in [-0.25, -0.2) is 0 Å². The number of rotatable bonds is 6. The summed E-state index contributed by atoms with van der Waals surface area (Å²) in [4.78, 5) is 19.6. The van der Waals surface area contributed by atoms with Gasteiger partial charge in [-0.2, -0.15) is 0 Å². The zero-order valence-corrected chi connectivity index (χ0v) is 18.3. The number of amides is 1. The molecule has 0 saturated carbocycles. The number of methoxy groups -OCH3 is 2. The van der Waals surface area contributed by atoms with Crippen LogP contribution in [0, 0.1) is 0 Å². The quantitative estimate of drug-likeness (QED) is 0.768. The van der Waals surface area contributed by atoms with Crippen LogP contribution in [-0.4, -0.2) is 74.3 Å². The summed E-state index contributed by atoms with van der Waals surface area (Å²) < 4.78 is 11.0. The zero-order valence-electron chi connectivity index (χ0n) is 18.3. The number of benzene rings is 2. The van der Waals surface area contributed by atoms with Crippen molar-refractivity contribution < 1.29 is 19.4 Å². The van der Waals surface area contributed by atoms with Crippen LogP contribution in [0.25, 0.3) is 0 Å². The highest BCUT2D eigenvalue weighted by Gasteiger charge is 2.33. The fourth-order valence-corrected chi connectivity index (χ4v) is 4.65. The second kappa shape index (κ2) is 9.47. The van der Waals surface area contributed by atoms with Crippen molar-refractivity contribution in [3.8, 4) is 17.2 Å². The zero-order chi connectivity index (χ0) is 21.8. The molecule has 0 aromatic heterocycles. The van der Waals surface area contributed by atoms with E-state index in [-0.39, 0.29) is 11.9 Å². The molecule has 0 aliphatic carbocycles. The van der Waals surface area contributed by atoms with Gasteiger partial charge in [0.15, 0.2) is 0 Å². The van der Waals surface area contributed by atoms with Gasteiger partial charge in [0.05, 0.1) is 32.5 Å².